The number of aromatic nitrogens is 2. The lowest BCUT2D eigenvalue weighted by molar-refractivity contribution is -0.159. The van der Waals surface area contributed by atoms with Crippen LogP contribution in [0.4, 0.5) is 38.0 Å². The summed E-state index contributed by atoms with van der Waals surface area (Å²) in [4.78, 5) is 36.7. The van der Waals surface area contributed by atoms with Crippen molar-refractivity contribution < 1.29 is 62.6 Å². The molecular weight excluding hydrogens is 971 g/mol. The van der Waals surface area contributed by atoms with Crippen molar-refractivity contribution in [1.82, 2.24) is 28.0 Å². The van der Waals surface area contributed by atoms with Gasteiger partial charge >= 0.3 is 24.3 Å². The van der Waals surface area contributed by atoms with Gasteiger partial charge in [0.15, 0.2) is 0 Å². The van der Waals surface area contributed by atoms with Crippen LogP contribution in [-0.2, 0) is 47.1 Å². The van der Waals surface area contributed by atoms with E-state index >= 15 is 0 Å². The number of nitrogens with one attached hydrogen (secondary N) is 2. The Kier molecular flexibility index (Phi) is 14.5. The number of carbonyl (C=O) groups is 2. The molecule has 2 unspecified atom stereocenters. The number of carboxylic acids is 1. The number of pyridine rings is 2. The SMILES string of the molecule is CC1[C@H](c2ccccc2)[C@]1(NS(=O)(=O)N1CCN(c2ccc(C(F)(F)F)cn2)CC1)C(=O)O.CC1[C@H](c2ccccc2)[C@]1(NS(=O)(=O)N1CCN(c2ccc(C(F)(F)F)cn2)CC1)C(=O)OC(C)(C)C. The molecule has 0 spiro atoms. The summed E-state index contributed by atoms with van der Waals surface area (Å²) in [5.41, 5.74) is -4.01. The van der Waals surface area contributed by atoms with E-state index in [1.165, 1.54) is 16.4 Å². The van der Waals surface area contributed by atoms with Crippen molar-refractivity contribution in [3.05, 3.63) is 120 Å². The zero-order valence-electron chi connectivity index (χ0n) is 38.8. The topological polar surface area (TPSA) is 195 Å². The first-order valence-corrected chi connectivity index (χ1v) is 25.2. The number of rotatable bonds is 12. The van der Waals surface area contributed by atoms with Gasteiger partial charge in [-0.05, 0) is 68.0 Å². The fraction of sp³-hybridized carbons (Fsp3) is 0.478. The maximum Gasteiger partial charge on any atom is 0.417 e. The minimum atomic E-state index is -4.48. The summed E-state index contributed by atoms with van der Waals surface area (Å²) in [5, 5.41) is 9.90. The van der Waals surface area contributed by atoms with E-state index in [9.17, 15) is 57.9 Å². The Bertz CT molecular complexity index is 2720. The van der Waals surface area contributed by atoms with Gasteiger partial charge in [0.05, 0.1) is 11.1 Å². The molecule has 16 nitrogen and oxygen atoms in total. The van der Waals surface area contributed by atoms with Crippen LogP contribution in [0.2, 0.25) is 0 Å². The van der Waals surface area contributed by atoms with Crippen LogP contribution in [-0.4, -0.2) is 121 Å². The summed E-state index contributed by atoms with van der Waals surface area (Å²) in [5.74, 6) is -2.88. The first kappa shape index (κ1) is 52.4. The van der Waals surface area contributed by atoms with Crippen LogP contribution in [0.15, 0.2) is 97.3 Å². The molecule has 3 N–H and O–H groups in total. The number of anilines is 2. The van der Waals surface area contributed by atoms with Gasteiger partial charge in [0.25, 0.3) is 20.4 Å². The molecule has 2 aromatic heterocycles. The first-order chi connectivity index (χ1) is 32.6. The third-order valence-corrected chi connectivity index (χ3v) is 16.4. The molecule has 0 bridgehead atoms. The second-order valence-electron chi connectivity index (χ2n) is 18.7. The second-order valence-corrected chi connectivity index (χ2v) is 22.0. The molecule has 4 heterocycles. The Labute approximate surface area is 402 Å². The summed E-state index contributed by atoms with van der Waals surface area (Å²) in [7, 11) is -8.22. The minimum absolute atomic E-state index is 0.0398. The number of hydrogen-bond donors (Lipinski definition) is 3. The minimum Gasteiger partial charge on any atom is -0.480 e. The highest BCUT2D eigenvalue weighted by molar-refractivity contribution is 7.87. The molecule has 380 valence electrons. The summed E-state index contributed by atoms with van der Waals surface area (Å²) in [6.07, 6.45) is -7.45. The highest BCUT2D eigenvalue weighted by Crippen LogP contribution is 2.59. The van der Waals surface area contributed by atoms with Crippen LogP contribution < -0.4 is 19.2 Å². The van der Waals surface area contributed by atoms with Gasteiger partial charge in [-0.15, -0.1) is 0 Å². The average molecular weight is 1030 g/mol. The monoisotopic (exact) mass is 1020 g/mol. The van der Waals surface area contributed by atoms with Crippen LogP contribution >= 0.6 is 0 Å². The number of aliphatic carboxylic acids is 1. The molecule has 0 radical (unpaired) electrons. The molecular formula is C46H54F6N8O8S2. The normalized spacial score (nSPS) is 25.6. The molecule has 2 aliphatic heterocycles. The molecule has 70 heavy (non-hydrogen) atoms. The number of nitrogens with zero attached hydrogens (tertiary/aromatic N) is 6. The Morgan fingerprint density at radius 3 is 1.29 bits per heavy atom. The Morgan fingerprint density at radius 2 is 0.957 bits per heavy atom. The number of carbonyl (C=O) groups excluding carboxylic acids is 1. The molecule has 0 amide bonds. The number of ether oxygens (including phenoxy) is 1. The summed E-state index contributed by atoms with van der Waals surface area (Å²) >= 11 is 0. The lowest BCUT2D eigenvalue weighted by atomic mass is 10.1. The zero-order chi connectivity index (χ0) is 51.2. The lowest BCUT2D eigenvalue weighted by Crippen LogP contribution is -2.57. The smallest absolute Gasteiger partial charge is 0.417 e. The molecule has 4 aliphatic rings. The van der Waals surface area contributed by atoms with E-state index in [4.69, 9.17) is 4.74 Å². The summed E-state index contributed by atoms with van der Waals surface area (Å²) < 4.78 is 143. The van der Waals surface area contributed by atoms with Crippen LogP contribution in [0.1, 0.15) is 68.7 Å². The van der Waals surface area contributed by atoms with Gasteiger partial charge in [0, 0.05) is 76.6 Å². The number of piperazine rings is 2. The highest BCUT2D eigenvalue weighted by atomic mass is 32.2. The predicted octanol–water partition coefficient (Wildman–Crippen LogP) is 5.88. The molecule has 2 saturated heterocycles. The maximum absolute atomic E-state index is 13.5. The van der Waals surface area contributed by atoms with Crippen molar-refractivity contribution in [3.63, 3.8) is 0 Å². The molecule has 4 fully saturated rings. The van der Waals surface area contributed by atoms with Gasteiger partial charge in [-0.25, -0.2) is 14.8 Å². The van der Waals surface area contributed by atoms with Crippen LogP contribution in [0.3, 0.4) is 0 Å². The van der Waals surface area contributed by atoms with Gasteiger partial charge in [-0.1, -0.05) is 74.5 Å². The average Bonchev–Trinajstić information content (AvgIpc) is 4.12. The van der Waals surface area contributed by atoms with E-state index in [0.717, 1.165) is 40.0 Å². The third-order valence-electron chi connectivity index (χ3n) is 13.2. The summed E-state index contributed by atoms with van der Waals surface area (Å²) in [6.45, 7) is 9.81. The number of esters is 1. The van der Waals surface area contributed by atoms with Crippen molar-refractivity contribution in [1.29, 1.82) is 0 Å². The van der Waals surface area contributed by atoms with E-state index in [2.05, 4.69) is 19.4 Å². The molecule has 2 aliphatic carbocycles. The van der Waals surface area contributed by atoms with Crippen molar-refractivity contribution >= 4 is 44.0 Å². The van der Waals surface area contributed by atoms with Crippen LogP contribution in [0, 0.1) is 11.8 Å². The standard InChI is InChI=1S/C25H31F3N4O4S.C21H23F3N4O4S/c1-17-21(18-8-6-5-7-9-18)24(17,22(33)36-23(2,3)4)30-37(34,35)32-14-12-31(13-15-32)20-11-10-19(16-29-20)25(26,27)28;1-14-18(15-5-3-2-4-6-15)20(14,19(29)30)26-33(31,32)28-11-9-27(10-12-28)17-8-7-16(13-25-17)21(22,23)24/h5-11,16-17,21,30H,12-15H2,1-4H3;2-8,13-14,18,26H,9-12H2,1H3,(H,29,30)/t17?,21-,24+;14?,18-,20+/m11/s1. The van der Waals surface area contributed by atoms with Crippen molar-refractivity contribution in [3.8, 4) is 0 Å². The Balaban J connectivity index is 0.000000208. The van der Waals surface area contributed by atoms with Gasteiger partial charge in [0.2, 0.25) is 0 Å². The number of alkyl halides is 6. The Hall–Kier alpha value is -5.40. The first-order valence-electron chi connectivity index (χ1n) is 22.3. The summed E-state index contributed by atoms with van der Waals surface area (Å²) in [6, 6.07) is 22.5. The quantitative estimate of drug-likeness (QED) is 0.113. The number of hydrogen-bond acceptors (Lipinski definition) is 11. The van der Waals surface area contributed by atoms with E-state index in [1.807, 2.05) is 37.3 Å². The predicted molar refractivity (Wildman–Crippen MR) is 246 cm³/mol. The van der Waals surface area contributed by atoms with Gasteiger partial charge in [-0.2, -0.15) is 61.2 Å². The van der Waals surface area contributed by atoms with E-state index in [-0.39, 0.29) is 58.3 Å². The fourth-order valence-electron chi connectivity index (χ4n) is 9.30. The van der Waals surface area contributed by atoms with Gasteiger partial charge in [0.1, 0.15) is 28.3 Å². The number of benzene rings is 2. The number of carboxylic acid groups (broad SMARTS) is 1. The third kappa shape index (κ3) is 10.9. The highest BCUT2D eigenvalue weighted by Gasteiger charge is 2.72. The van der Waals surface area contributed by atoms with Crippen molar-refractivity contribution in [2.45, 2.75) is 75.5 Å². The van der Waals surface area contributed by atoms with E-state index in [1.54, 1.807) is 67.8 Å². The second kappa shape index (κ2) is 19.3. The molecule has 6 atom stereocenters. The maximum atomic E-state index is 13.5. The van der Waals surface area contributed by atoms with Crippen molar-refractivity contribution in [2.24, 2.45) is 11.8 Å². The van der Waals surface area contributed by atoms with E-state index in [0.29, 0.717) is 11.6 Å². The van der Waals surface area contributed by atoms with Gasteiger partial charge < -0.3 is 19.6 Å². The fourth-order valence-corrected chi connectivity index (χ4v) is 12.5. The zero-order valence-corrected chi connectivity index (χ0v) is 40.4. The molecule has 2 saturated carbocycles. The molecule has 4 aromatic rings. The molecule has 8 rings (SSSR count). The number of halogens is 6. The van der Waals surface area contributed by atoms with Crippen LogP contribution in [0.25, 0.3) is 0 Å². The Morgan fingerprint density at radius 1 is 0.600 bits per heavy atom. The van der Waals surface area contributed by atoms with Gasteiger partial charge in [-0.3, -0.25) is 4.79 Å². The molecule has 24 heteroatoms. The largest absolute Gasteiger partial charge is 0.480 e. The van der Waals surface area contributed by atoms with E-state index < -0.39 is 90.3 Å². The molecule has 2 aromatic carbocycles. The van der Waals surface area contributed by atoms with Crippen molar-refractivity contribution in [2.75, 3.05) is 62.2 Å². The lowest BCUT2D eigenvalue weighted by Gasteiger charge is -2.35. The van der Waals surface area contributed by atoms with Crippen LogP contribution in [0.5, 0.6) is 0 Å².